The SMILES string of the molecule is O=C(OCc1nnc(-c2ccc(Cl)cc2)o1)c1cccc(N2C(=O)CCC2=O)c1. The molecule has 1 aliphatic rings. The molecule has 4 rings (SSSR count). The first kappa shape index (κ1) is 18.8. The van der Waals surface area contributed by atoms with Gasteiger partial charge in [-0.2, -0.15) is 0 Å². The maximum Gasteiger partial charge on any atom is 0.338 e. The predicted molar refractivity (Wildman–Crippen MR) is 102 cm³/mol. The Morgan fingerprint density at radius 2 is 1.79 bits per heavy atom. The van der Waals surface area contributed by atoms with Crippen molar-refractivity contribution in [2.75, 3.05) is 4.90 Å². The monoisotopic (exact) mass is 411 g/mol. The van der Waals surface area contributed by atoms with Crippen molar-refractivity contribution in [2.45, 2.75) is 19.4 Å². The van der Waals surface area contributed by atoms with Crippen molar-refractivity contribution in [3.63, 3.8) is 0 Å². The van der Waals surface area contributed by atoms with E-state index in [-0.39, 0.29) is 48.6 Å². The van der Waals surface area contributed by atoms with E-state index in [1.165, 1.54) is 12.1 Å². The van der Waals surface area contributed by atoms with Crippen LogP contribution in [-0.4, -0.2) is 28.0 Å². The third-order valence-electron chi connectivity index (χ3n) is 4.28. The molecule has 0 spiro atoms. The van der Waals surface area contributed by atoms with Gasteiger partial charge in [0.2, 0.25) is 17.7 Å². The fraction of sp³-hybridized carbons (Fsp3) is 0.150. The van der Waals surface area contributed by atoms with E-state index in [1.54, 1.807) is 36.4 Å². The van der Waals surface area contributed by atoms with E-state index in [1.807, 2.05) is 0 Å². The largest absolute Gasteiger partial charge is 0.452 e. The maximum absolute atomic E-state index is 12.3. The number of carbonyl (C=O) groups is 3. The molecule has 2 heterocycles. The smallest absolute Gasteiger partial charge is 0.338 e. The minimum absolute atomic E-state index is 0.129. The summed E-state index contributed by atoms with van der Waals surface area (Å²) in [5.41, 5.74) is 1.23. The van der Waals surface area contributed by atoms with Crippen molar-refractivity contribution in [3.8, 4) is 11.5 Å². The highest BCUT2D eigenvalue weighted by Gasteiger charge is 2.30. The number of nitrogens with zero attached hydrogens (tertiary/aromatic N) is 3. The molecule has 0 bridgehead atoms. The van der Waals surface area contributed by atoms with Crippen LogP contribution < -0.4 is 4.90 Å². The lowest BCUT2D eigenvalue weighted by molar-refractivity contribution is -0.121. The van der Waals surface area contributed by atoms with E-state index in [9.17, 15) is 14.4 Å². The highest BCUT2D eigenvalue weighted by atomic mass is 35.5. The Morgan fingerprint density at radius 3 is 2.52 bits per heavy atom. The van der Waals surface area contributed by atoms with Gasteiger partial charge in [-0.15, -0.1) is 10.2 Å². The highest BCUT2D eigenvalue weighted by Crippen LogP contribution is 2.24. The molecule has 1 aromatic heterocycles. The lowest BCUT2D eigenvalue weighted by Crippen LogP contribution is -2.28. The third-order valence-corrected chi connectivity index (χ3v) is 4.53. The van der Waals surface area contributed by atoms with Crippen molar-refractivity contribution < 1.29 is 23.5 Å². The fourth-order valence-electron chi connectivity index (χ4n) is 2.87. The number of halogens is 1. The van der Waals surface area contributed by atoms with Crippen LogP contribution in [0.15, 0.2) is 52.9 Å². The van der Waals surface area contributed by atoms with Gasteiger partial charge < -0.3 is 9.15 Å². The Balaban J connectivity index is 1.43. The average Bonchev–Trinajstić information content (AvgIpc) is 3.33. The van der Waals surface area contributed by atoms with Gasteiger partial charge in [-0.3, -0.25) is 14.5 Å². The predicted octanol–water partition coefficient (Wildman–Crippen LogP) is 3.40. The van der Waals surface area contributed by atoms with E-state index in [4.69, 9.17) is 20.8 Å². The number of imide groups is 1. The van der Waals surface area contributed by atoms with Crippen LogP contribution in [0.4, 0.5) is 5.69 Å². The molecular weight excluding hydrogens is 398 g/mol. The summed E-state index contributed by atoms with van der Waals surface area (Å²) in [6.45, 7) is -0.217. The van der Waals surface area contributed by atoms with Crippen LogP contribution in [0.25, 0.3) is 11.5 Å². The minimum Gasteiger partial charge on any atom is -0.452 e. The van der Waals surface area contributed by atoms with Crippen LogP contribution in [0, 0.1) is 0 Å². The zero-order chi connectivity index (χ0) is 20.4. The van der Waals surface area contributed by atoms with Crippen LogP contribution in [0.2, 0.25) is 5.02 Å². The molecule has 1 saturated heterocycles. The number of anilines is 1. The number of amides is 2. The topological polar surface area (TPSA) is 103 Å². The van der Waals surface area contributed by atoms with Gasteiger partial charge in [0.05, 0.1) is 11.3 Å². The van der Waals surface area contributed by atoms with Crippen LogP contribution in [-0.2, 0) is 20.9 Å². The normalized spacial score (nSPS) is 13.8. The van der Waals surface area contributed by atoms with Crippen molar-refractivity contribution in [2.24, 2.45) is 0 Å². The van der Waals surface area contributed by atoms with Gasteiger partial charge in [0.1, 0.15) is 0 Å². The van der Waals surface area contributed by atoms with Gasteiger partial charge in [-0.25, -0.2) is 4.79 Å². The molecule has 146 valence electrons. The summed E-state index contributed by atoms with van der Waals surface area (Å²) in [4.78, 5) is 37.2. The molecule has 0 saturated carbocycles. The van der Waals surface area contributed by atoms with Crippen LogP contribution in [0.3, 0.4) is 0 Å². The second-order valence-corrected chi connectivity index (χ2v) is 6.69. The lowest BCUT2D eigenvalue weighted by atomic mass is 10.2. The summed E-state index contributed by atoms with van der Waals surface area (Å²) in [5.74, 6) is -0.815. The number of benzene rings is 2. The Kier molecular flexibility index (Phi) is 5.09. The molecule has 1 aliphatic heterocycles. The zero-order valence-electron chi connectivity index (χ0n) is 15.0. The lowest BCUT2D eigenvalue weighted by Gasteiger charge is -2.14. The van der Waals surface area contributed by atoms with Crippen LogP contribution in [0.5, 0.6) is 0 Å². The fourth-order valence-corrected chi connectivity index (χ4v) is 2.99. The third kappa shape index (κ3) is 4.02. The Hall–Kier alpha value is -3.52. The van der Waals surface area contributed by atoms with Crippen molar-refractivity contribution in [1.82, 2.24) is 10.2 Å². The van der Waals surface area contributed by atoms with Gasteiger partial charge in [0.25, 0.3) is 5.89 Å². The standard InChI is InChI=1S/C20H14ClN3O5/c21-14-6-4-12(5-7-14)19-23-22-16(29-19)11-28-20(27)13-2-1-3-15(10-13)24-17(25)8-9-18(24)26/h1-7,10H,8-9,11H2. The van der Waals surface area contributed by atoms with Gasteiger partial charge in [0, 0.05) is 23.4 Å². The Bertz CT molecular complexity index is 1080. The quantitative estimate of drug-likeness (QED) is 0.468. The molecule has 8 nitrogen and oxygen atoms in total. The summed E-state index contributed by atoms with van der Waals surface area (Å²) in [5, 5.41) is 8.36. The van der Waals surface area contributed by atoms with E-state index < -0.39 is 5.97 Å². The number of aromatic nitrogens is 2. The zero-order valence-corrected chi connectivity index (χ0v) is 15.8. The molecule has 0 N–H and O–H groups in total. The molecule has 1 fully saturated rings. The van der Waals surface area contributed by atoms with Crippen molar-refractivity contribution in [1.29, 1.82) is 0 Å². The summed E-state index contributed by atoms with van der Waals surface area (Å²) in [6, 6.07) is 13.0. The molecule has 9 heteroatoms. The summed E-state index contributed by atoms with van der Waals surface area (Å²) in [7, 11) is 0. The molecule has 0 aliphatic carbocycles. The summed E-state index contributed by atoms with van der Waals surface area (Å²) < 4.78 is 10.7. The van der Waals surface area contributed by atoms with E-state index in [0.29, 0.717) is 16.3 Å². The van der Waals surface area contributed by atoms with E-state index >= 15 is 0 Å². The number of carbonyl (C=O) groups excluding carboxylic acids is 3. The number of rotatable bonds is 5. The van der Waals surface area contributed by atoms with E-state index in [0.717, 1.165) is 4.90 Å². The highest BCUT2D eigenvalue weighted by molar-refractivity contribution is 6.30. The number of hydrogen-bond donors (Lipinski definition) is 0. The van der Waals surface area contributed by atoms with E-state index in [2.05, 4.69) is 10.2 Å². The Morgan fingerprint density at radius 1 is 1.07 bits per heavy atom. The number of esters is 1. The van der Waals surface area contributed by atoms with Crippen molar-refractivity contribution in [3.05, 3.63) is 65.0 Å². The van der Waals surface area contributed by atoms with Gasteiger partial charge >= 0.3 is 5.97 Å². The molecule has 2 amide bonds. The first-order chi connectivity index (χ1) is 14.0. The molecule has 0 unspecified atom stereocenters. The van der Waals surface area contributed by atoms with Crippen LogP contribution in [0.1, 0.15) is 29.1 Å². The minimum atomic E-state index is -0.641. The van der Waals surface area contributed by atoms with Gasteiger partial charge in [-0.05, 0) is 42.5 Å². The van der Waals surface area contributed by atoms with Crippen molar-refractivity contribution >= 4 is 35.1 Å². The first-order valence-electron chi connectivity index (χ1n) is 8.72. The molecule has 2 aromatic carbocycles. The van der Waals surface area contributed by atoms with Crippen LogP contribution >= 0.6 is 11.6 Å². The van der Waals surface area contributed by atoms with Gasteiger partial charge in [-0.1, -0.05) is 17.7 Å². The molecule has 0 radical (unpaired) electrons. The number of ether oxygens (including phenoxy) is 1. The summed E-state index contributed by atoms with van der Waals surface area (Å²) >= 11 is 5.85. The maximum atomic E-state index is 12.3. The Labute approximate surface area is 170 Å². The molecule has 29 heavy (non-hydrogen) atoms. The molecule has 3 aromatic rings. The molecule has 0 atom stereocenters. The average molecular weight is 412 g/mol. The first-order valence-corrected chi connectivity index (χ1v) is 9.10. The number of hydrogen-bond acceptors (Lipinski definition) is 7. The molecular formula is C20H14ClN3O5. The second-order valence-electron chi connectivity index (χ2n) is 6.26. The second kappa shape index (κ2) is 7.84. The van der Waals surface area contributed by atoms with Gasteiger partial charge in [0.15, 0.2) is 6.61 Å². The summed E-state index contributed by atoms with van der Waals surface area (Å²) in [6.07, 6.45) is 0.335.